The molecule has 3 rings (SSSR count). The zero-order valence-corrected chi connectivity index (χ0v) is 22.8. The number of nitrogens with one attached hydrogen (secondary N) is 1. The van der Waals surface area contributed by atoms with Gasteiger partial charge < -0.3 is 24.8 Å². The van der Waals surface area contributed by atoms with Gasteiger partial charge in [-0.25, -0.2) is 0 Å². The van der Waals surface area contributed by atoms with Crippen LogP contribution >= 0.6 is 0 Å². The Balaban J connectivity index is 1.92. The van der Waals surface area contributed by atoms with Crippen LogP contribution in [0.2, 0.25) is 0 Å². The van der Waals surface area contributed by atoms with Gasteiger partial charge in [0.05, 0.1) is 24.5 Å². The number of rotatable bonds is 2. The van der Waals surface area contributed by atoms with Gasteiger partial charge in [-0.05, 0) is 69.1 Å². The summed E-state index contributed by atoms with van der Waals surface area (Å²) in [7, 11) is 3.20. The number of methoxy groups -OCH3 is 1. The normalized spacial score (nSPS) is 32.1. The molecule has 198 valence electrons. The number of epoxide rings is 1. The molecule has 1 aromatic rings. The predicted molar refractivity (Wildman–Crippen MR) is 142 cm³/mol. The van der Waals surface area contributed by atoms with Crippen LogP contribution < -0.4 is 15.0 Å². The van der Waals surface area contributed by atoms with Crippen LogP contribution in [0.25, 0.3) is 0 Å². The minimum atomic E-state index is -0.348. The van der Waals surface area contributed by atoms with Crippen LogP contribution in [0.1, 0.15) is 65.9 Å². The highest BCUT2D eigenvalue weighted by Gasteiger charge is 2.55. The summed E-state index contributed by atoms with van der Waals surface area (Å²) in [5, 5.41) is 13.9. The number of carbonyl (C=O) groups excluding carboxylic acids is 2. The first-order valence-corrected chi connectivity index (χ1v) is 12.9. The van der Waals surface area contributed by atoms with E-state index in [0.717, 1.165) is 24.0 Å². The summed E-state index contributed by atoms with van der Waals surface area (Å²) in [5.74, 6) is 0.825. The lowest BCUT2D eigenvalue weighted by atomic mass is 9.82. The molecule has 0 spiro atoms. The molecule has 0 radical (unpaired) electrons. The molecular weight excluding hydrogens is 456 g/mol. The van der Waals surface area contributed by atoms with E-state index in [9.17, 15) is 14.7 Å². The second-order valence-corrected chi connectivity index (χ2v) is 10.8. The smallest absolute Gasteiger partial charge is 0.226 e. The zero-order chi connectivity index (χ0) is 26.6. The topological polar surface area (TPSA) is 91.4 Å². The summed E-state index contributed by atoms with van der Waals surface area (Å²) in [4.78, 5) is 26.5. The molecule has 2 aliphatic rings. The lowest BCUT2D eigenvalue weighted by Gasteiger charge is -2.25. The van der Waals surface area contributed by atoms with E-state index in [1.54, 1.807) is 20.0 Å². The van der Waals surface area contributed by atoms with Gasteiger partial charge in [-0.3, -0.25) is 9.59 Å². The first-order chi connectivity index (χ1) is 16.9. The Hall–Kier alpha value is -2.80. The number of anilines is 1. The molecule has 0 aromatic heterocycles. The van der Waals surface area contributed by atoms with Crippen LogP contribution in [0, 0.1) is 11.8 Å². The van der Waals surface area contributed by atoms with E-state index in [4.69, 9.17) is 9.47 Å². The second-order valence-electron chi connectivity index (χ2n) is 10.8. The maximum absolute atomic E-state index is 13.1. The third-order valence-electron chi connectivity index (χ3n) is 7.71. The number of aromatic hydroxyl groups is 1. The van der Waals surface area contributed by atoms with E-state index in [2.05, 4.69) is 38.2 Å². The van der Waals surface area contributed by atoms with E-state index in [0.29, 0.717) is 36.6 Å². The van der Waals surface area contributed by atoms with Crippen LogP contribution in [0.4, 0.5) is 5.69 Å². The molecule has 5 atom stereocenters. The van der Waals surface area contributed by atoms with Gasteiger partial charge in [-0.1, -0.05) is 37.6 Å². The third kappa shape index (κ3) is 6.69. The Morgan fingerprint density at radius 1 is 1.31 bits per heavy atom. The fraction of sp³-hybridized carbons (Fsp3) is 0.586. The van der Waals surface area contributed by atoms with E-state index in [1.165, 1.54) is 12.0 Å². The number of carbonyl (C=O) groups is 2. The van der Waals surface area contributed by atoms with Crippen LogP contribution in [-0.4, -0.2) is 48.8 Å². The quantitative estimate of drug-likeness (QED) is 0.565. The van der Waals surface area contributed by atoms with Crippen molar-refractivity contribution in [1.29, 1.82) is 0 Å². The molecule has 7 heteroatoms. The average molecular weight is 499 g/mol. The lowest BCUT2D eigenvalue weighted by Crippen LogP contribution is -2.36. The minimum absolute atomic E-state index is 0.0226. The third-order valence-corrected chi connectivity index (χ3v) is 7.71. The van der Waals surface area contributed by atoms with Gasteiger partial charge in [0.2, 0.25) is 11.8 Å². The van der Waals surface area contributed by atoms with Crippen LogP contribution in [0.15, 0.2) is 35.9 Å². The van der Waals surface area contributed by atoms with Crippen molar-refractivity contribution in [1.82, 2.24) is 5.32 Å². The summed E-state index contributed by atoms with van der Waals surface area (Å²) in [6.45, 7) is 10.1. The van der Waals surface area contributed by atoms with Gasteiger partial charge in [-0.15, -0.1) is 0 Å². The summed E-state index contributed by atoms with van der Waals surface area (Å²) in [6.07, 6.45) is 9.43. The van der Waals surface area contributed by atoms with Crippen molar-refractivity contribution < 1.29 is 24.2 Å². The Morgan fingerprint density at radius 3 is 2.69 bits per heavy atom. The maximum atomic E-state index is 13.1. The van der Waals surface area contributed by atoms with Crippen LogP contribution in [-0.2, 0) is 20.7 Å². The fourth-order valence-electron chi connectivity index (χ4n) is 5.26. The molecule has 1 fully saturated rings. The monoisotopic (exact) mass is 498 g/mol. The van der Waals surface area contributed by atoms with E-state index in [-0.39, 0.29) is 41.2 Å². The molecule has 36 heavy (non-hydrogen) atoms. The van der Waals surface area contributed by atoms with Crippen molar-refractivity contribution in [3.63, 3.8) is 0 Å². The van der Waals surface area contributed by atoms with Crippen LogP contribution in [0.5, 0.6) is 11.5 Å². The highest BCUT2D eigenvalue weighted by atomic mass is 16.6. The predicted octanol–water partition coefficient (Wildman–Crippen LogP) is 4.92. The Bertz CT molecular complexity index is 1030. The minimum Gasteiger partial charge on any atom is -0.503 e. The van der Waals surface area contributed by atoms with Gasteiger partial charge in [0, 0.05) is 26.4 Å². The summed E-state index contributed by atoms with van der Waals surface area (Å²) >= 11 is 0. The molecule has 7 nitrogen and oxygen atoms in total. The number of amides is 2. The lowest BCUT2D eigenvalue weighted by molar-refractivity contribution is -0.120. The number of allylic oxidation sites excluding steroid dienone is 3. The summed E-state index contributed by atoms with van der Waals surface area (Å²) < 4.78 is 11.5. The van der Waals surface area contributed by atoms with E-state index in [1.807, 2.05) is 19.1 Å². The molecule has 0 aliphatic carbocycles. The fourth-order valence-corrected chi connectivity index (χ4v) is 5.26. The van der Waals surface area contributed by atoms with Crippen molar-refractivity contribution >= 4 is 17.5 Å². The molecule has 0 saturated carbocycles. The summed E-state index contributed by atoms with van der Waals surface area (Å²) in [6, 6.07) is 3.70. The Kier molecular flexibility index (Phi) is 8.88. The molecule has 2 N–H and O–H groups in total. The number of phenols is 1. The van der Waals surface area contributed by atoms with E-state index >= 15 is 0 Å². The SMILES string of the molecule is COc1cc2cc(c1O)N(C)C(=O)CC[C@]1(C)O[C@H]1[C@H](C)C(C)CC(NC(C)=O)C/C=C/C=C(\C)C2. The number of benzene rings is 1. The van der Waals surface area contributed by atoms with Crippen molar-refractivity contribution in [3.05, 3.63) is 41.5 Å². The van der Waals surface area contributed by atoms with Gasteiger partial charge in [0.1, 0.15) is 0 Å². The van der Waals surface area contributed by atoms with Crippen LogP contribution in [0.3, 0.4) is 0 Å². The summed E-state index contributed by atoms with van der Waals surface area (Å²) in [5.41, 5.74) is 2.16. The van der Waals surface area contributed by atoms with E-state index < -0.39 is 0 Å². The second kappa shape index (κ2) is 11.5. The van der Waals surface area contributed by atoms with Crippen molar-refractivity contribution in [2.45, 2.75) is 84.5 Å². The number of nitrogens with zero attached hydrogens (tertiary/aromatic N) is 1. The number of hydrogen-bond acceptors (Lipinski definition) is 5. The first kappa shape index (κ1) is 27.8. The van der Waals surface area contributed by atoms with Gasteiger partial charge in [0.25, 0.3) is 0 Å². The number of ether oxygens (including phenoxy) is 2. The standard InChI is InChI=1S/C29H42N2O5/c1-18-10-8-9-11-23(30-21(4)32)15-19(2)20(3)28-29(5,36-28)13-12-26(33)31(6)24-16-22(14-18)17-25(35-7)27(24)34/h8-10,16-17,19-20,23,28,34H,11-15H2,1-7H3,(H,30,32)/b9-8+,18-10+/t19?,20-,23?,28+,29+/m1/s1. The zero-order valence-electron chi connectivity index (χ0n) is 22.8. The molecule has 1 aromatic carbocycles. The maximum Gasteiger partial charge on any atom is 0.226 e. The molecule has 2 unspecified atom stereocenters. The van der Waals surface area contributed by atoms with Crippen molar-refractivity contribution in [3.8, 4) is 11.5 Å². The van der Waals surface area contributed by atoms with Gasteiger partial charge >= 0.3 is 0 Å². The van der Waals surface area contributed by atoms with Gasteiger partial charge in [0.15, 0.2) is 11.5 Å². The number of hydrogen-bond donors (Lipinski definition) is 2. The van der Waals surface area contributed by atoms with Gasteiger partial charge in [-0.2, -0.15) is 0 Å². The van der Waals surface area contributed by atoms with Crippen molar-refractivity contribution in [2.24, 2.45) is 11.8 Å². The molecule has 2 amide bonds. The highest BCUT2D eigenvalue weighted by molar-refractivity contribution is 5.95. The largest absolute Gasteiger partial charge is 0.503 e. The molecule has 2 heterocycles. The molecule has 2 bridgehead atoms. The average Bonchev–Trinajstić information content (AvgIpc) is 3.50. The highest BCUT2D eigenvalue weighted by Crippen LogP contribution is 2.47. The number of phenolic OH excluding ortho intramolecular Hbond substituents is 1. The Labute approximate surface area is 215 Å². The molecule has 1 saturated heterocycles. The molecule has 2 aliphatic heterocycles. The Morgan fingerprint density at radius 2 is 2.03 bits per heavy atom. The number of fused-ring (bicyclic) bond motifs is 3. The van der Waals surface area contributed by atoms with Crippen molar-refractivity contribution in [2.75, 3.05) is 19.1 Å². The molecular formula is C29H42N2O5. The first-order valence-electron chi connectivity index (χ1n) is 12.9.